The van der Waals surface area contributed by atoms with Crippen LogP contribution in [0, 0.1) is 17.8 Å². The number of nitrogens with one attached hydrogen (secondary N) is 1. The molecule has 2 saturated heterocycles. The Morgan fingerprint density at radius 2 is 1.79 bits per heavy atom. The molecule has 1 aromatic rings. The van der Waals surface area contributed by atoms with E-state index in [-0.39, 0.29) is 35.4 Å². The highest BCUT2D eigenvalue weighted by atomic mass is 16.3. The lowest BCUT2D eigenvalue weighted by Gasteiger charge is -2.46. The summed E-state index contributed by atoms with van der Waals surface area (Å²) in [4.78, 5) is 31.0. The Balaban J connectivity index is 1.47. The van der Waals surface area contributed by atoms with E-state index in [1.807, 2.05) is 50.8 Å². The van der Waals surface area contributed by atoms with Gasteiger partial charge in [0.15, 0.2) is 0 Å². The molecule has 1 saturated carbocycles. The number of hydrogen-bond donors (Lipinski definition) is 2. The molecule has 210 valence electrons. The Kier molecular flexibility index (Phi) is 9.36. The van der Waals surface area contributed by atoms with Crippen molar-refractivity contribution >= 4 is 11.8 Å². The second kappa shape index (κ2) is 12.3. The second-order valence-corrected chi connectivity index (χ2v) is 13.3. The third-order valence-electron chi connectivity index (χ3n) is 8.69. The number of fused-ring (bicyclic) bond motifs is 1. The van der Waals surface area contributed by atoms with Crippen molar-refractivity contribution in [2.24, 2.45) is 17.8 Å². The van der Waals surface area contributed by atoms with Gasteiger partial charge in [-0.2, -0.15) is 0 Å². The number of aliphatic hydroxyl groups excluding tert-OH is 1. The zero-order chi connectivity index (χ0) is 27.4. The summed E-state index contributed by atoms with van der Waals surface area (Å²) in [5.41, 5.74) is 1.93. The van der Waals surface area contributed by atoms with Crippen LogP contribution in [0.1, 0.15) is 78.2 Å². The van der Waals surface area contributed by atoms with Gasteiger partial charge in [-0.3, -0.25) is 14.5 Å². The van der Waals surface area contributed by atoms with Crippen LogP contribution in [0.2, 0.25) is 0 Å². The number of piperidine rings is 1. The monoisotopic (exact) mass is 523 g/mol. The number of allylic oxidation sites excluding steroid dienone is 1. The van der Waals surface area contributed by atoms with E-state index in [1.54, 1.807) is 0 Å². The van der Waals surface area contributed by atoms with Gasteiger partial charge in [-0.15, -0.1) is 6.58 Å². The minimum absolute atomic E-state index is 0.0629. The highest BCUT2D eigenvalue weighted by molar-refractivity contribution is 5.83. The molecular weight excluding hydrogens is 474 g/mol. The van der Waals surface area contributed by atoms with Gasteiger partial charge < -0.3 is 15.3 Å². The van der Waals surface area contributed by atoms with Gasteiger partial charge in [0.25, 0.3) is 0 Å². The van der Waals surface area contributed by atoms with Gasteiger partial charge in [0.2, 0.25) is 11.8 Å². The molecule has 6 atom stereocenters. The highest BCUT2D eigenvalue weighted by Crippen LogP contribution is 2.39. The van der Waals surface area contributed by atoms with Gasteiger partial charge in [0, 0.05) is 37.1 Å². The van der Waals surface area contributed by atoms with Crippen LogP contribution in [0.25, 0.3) is 0 Å². The third kappa shape index (κ3) is 7.47. The summed E-state index contributed by atoms with van der Waals surface area (Å²) in [6.45, 7) is 13.6. The summed E-state index contributed by atoms with van der Waals surface area (Å²) in [7, 11) is 0. The van der Waals surface area contributed by atoms with Crippen molar-refractivity contribution in [2.75, 3.05) is 19.6 Å². The van der Waals surface area contributed by atoms with Crippen molar-refractivity contribution in [1.29, 1.82) is 0 Å². The Bertz CT molecular complexity index is 972. The molecule has 4 unspecified atom stereocenters. The van der Waals surface area contributed by atoms with Crippen molar-refractivity contribution in [3.8, 4) is 0 Å². The van der Waals surface area contributed by atoms with Gasteiger partial charge in [0.05, 0.1) is 12.1 Å². The standard InChI is InChI=1S/C32H49N3O3/c1-22(2)15-26-17-27(16-23-11-7-6-8-12-23)35(31(26)38)21-28(36)20-34-19-25-14-10-9-13-24(25)18-29(34)30(37)33-32(3,4)5/h6-8,11-12,24-29,36H,1,9-10,13-21H2,2-5H3,(H,33,37)/t24-,25+,26?,27?,28?,29?/m0/s1. The molecule has 3 aliphatic rings. The summed E-state index contributed by atoms with van der Waals surface area (Å²) >= 11 is 0. The third-order valence-corrected chi connectivity index (χ3v) is 8.69. The normalized spacial score (nSPS) is 29.1. The number of hydrogen-bond acceptors (Lipinski definition) is 4. The average molecular weight is 524 g/mol. The number of β-amino-alcohol motifs (C(OH)–C–C–N with tert-alkyl or cyclic N) is 1. The van der Waals surface area contributed by atoms with E-state index in [0.29, 0.717) is 31.3 Å². The quantitative estimate of drug-likeness (QED) is 0.465. The summed E-state index contributed by atoms with van der Waals surface area (Å²) in [6, 6.07) is 10.1. The molecule has 38 heavy (non-hydrogen) atoms. The van der Waals surface area contributed by atoms with Crippen LogP contribution in [0.15, 0.2) is 42.5 Å². The molecule has 2 amide bonds. The zero-order valence-electron chi connectivity index (χ0n) is 24.0. The maximum Gasteiger partial charge on any atom is 0.237 e. The molecule has 2 aliphatic heterocycles. The maximum absolute atomic E-state index is 13.5. The predicted molar refractivity (Wildman–Crippen MR) is 153 cm³/mol. The Labute approximate surface area is 229 Å². The molecule has 6 heteroatoms. The highest BCUT2D eigenvalue weighted by Gasteiger charge is 2.43. The molecule has 1 aliphatic carbocycles. The molecule has 1 aromatic carbocycles. The second-order valence-electron chi connectivity index (χ2n) is 13.3. The van der Waals surface area contributed by atoms with Crippen LogP contribution in [0.3, 0.4) is 0 Å². The number of rotatable bonds is 9. The summed E-state index contributed by atoms with van der Waals surface area (Å²) in [5.74, 6) is 1.30. The summed E-state index contributed by atoms with van der Waals surface area (Å²) in [6.07, 6.45) is 7.34. The van der Waals surface area contributed by atoms with Crippen molar-refractivity contribution < 1.29 is 14.7 Å². The first-order chi connectivity index (χ1) is 18.0. The first-order valence-corrected chi connectivity index (χ1v) is 14.7. The number of carbonyl (C=O) groups is 2. The van der Waals surface area contributed by atoms with Crippen LogP contribution in [-0.2, 0) is 16.0 Å². The fraction of sp³-hybridized carbons (Fsp3) is 0.688. The molecule has 2 N–H and O–H groups in total. The Morgan fingerprint density at radius 3 is 2.45 bits per heavy atom. The number of aliphatic hydroxyl groups is 1. The first kappa shape index (κ1) is 28.8. The lowest BCUT2D eigenvalue weighted by Crippen LogP contribution is -2.59. The van der Waals surface area contributed by atoms with Gasteiger partial charge in [-0.1, -0.05) is 55.2 Å². The van der Waals surface area contributed by atoms with Crippen molar-refractivity contribution in [2.45, 2.75) is 103 Å². The van der Waals surface area contributed by atoms with E-state index in [1.165, 1.54) is 31.2 Å². The zero-order valence-corrected chi connectivity index (χ0v) is 24.0. The van der Waals surface area contributed by atoms with Crippen molar-refractivity contribution in [3.05, 3.63) is 48.0 Å². The lowest BCUT2D eigenvalue weighted by molar-refractivity contribution is -0.136. The van der Waals surface area contributed by atoms with Crippen LogP contribution in [0.5, 0.6) is 0 Å². The average Bonchev–Trinajstić information content (AvgIpc) is 3.11. The van der Waals surface area contributed by atoms with Crippen LogP contribution >= 0.6 is 0 Å². The molecule has 4 rings (SSSR count). The maximum atomic E-state index is 13.5. The molecule has 0 radical (unpaired) electrons. The van der Waals surface area contributed by atoms with Crippen LogP contribution < -0.4 is 5.32 Å². The van der Waals surface area contributed by atoms with Gasteiger partial charge in [-0.05, 0) is 77.2 Å². The minimum atomic E-state index is -0.703. The largest absolute Gasteiger partial charge is 0.390 e. The van der Waals surface area contributed by atoms with E-state index >= 15 is 0 Å². The van der Waals surface area contributed by atoms with E-state index in [9.17, 15) is 14.7 Å². The van der Waals surface area contributed by atoms with Crippen LogP contribution in [-0.4, -0.2) is 70.1 Å². The number of benzene rings is 1. The molecule has 0 bridgehead atoms. The molecule has 2 heterocycles. The van der Waals surface area contributed by atoms with E-state index in [0.717, 1.165) is 31.4 Å². The van der Waals surface area contributed by atoms with E-state index in [4.69, 9.17) is 0 Å². The number of nitrogens with zero attached hydrogens (tertiary/aromatic N) is 2. The van der Waals surface area contributed by atoms with Crippen molar-refractivity contribution in [3.63, 3.8) is 0 Å². The summed E-state index contributed by atoms with van der Waals surface area (Å²) < 4.78 is 0. The lowest BCUT2D eigenvalue weighted by atomic mass is 9.72. The Morgan fingerprint density at radius 1 is 1.11 bits per heavy atom. The number of likely N-dealkylation sites (tertiary alicyclic amines) is 2. The minimum Gasteiger partial charge on any atom is -0.390 e. The topological polar surface area (TPSA) is 72.9 Å². The predicted octanol–water partition coefficient (Wildman–Crippen LogP) is 4.57. The fourth-order valence-corrected chi connectivity index (χ4v) is 7.06. The van der Waals surface area contributed by atoms with Gasteiger partial charge in [0.1, 0.15) is 0 Å². The smallest absolute Gasteiger partial charge is 0.237 e. The number of amides is 2. The fourth-order valence-electron chi connectivity index (χ4n) is 7.06. The molecule has 0 spiro atoms. The first-order valence-electron chi connectivity index (χ1n) is 14.7. The SMILES string of the molecule is C=C(C)CC1CC(Cc2ccccc2)N(CC(O)CN2C[C@H]3CCCC[C@H]3CC2C(=O)NC(C)(C)C)C1=O. The Hall–Kier alpha value is -2.18. The van der Waals surface area contributed by atoms with Crippen molar-refractivity contribution in [1.82, 2.24) is 15.1 Å². The van der Waals surface area contributed by atoms with Crippen LogP contribution in [0.4, 0.5) is 0 Å². The van der Waals surface area contributed by atoms with E-state index in [2.05, 4.69) is 28.9 Å². The number of carbonyl (C=O) groups excluding carboxylic acids is 2. The van der Waals surface area contributed by atoms with Gasteiger partial charge in [-0.25, -0.2) is 0 Å². The molecular formula is C32H49N3O3. The molecule has 6 nitrogen and oxygen atoms in total. The van der Waals surface area contributed by atoms with Gasteiger partial charge >= 0.3 is 0 Å². The molecule has 0 aromatic heterocycles. The van der Waals surface area contributed by atoms with E-state index < -0.39 is 6.10 Å². The summed E-state index contributed by atoms with van der Waals surface area (Å²) in [5, 5.41) is 14.6. The molecule has 3 fully saturated rings.